The lowest BCUT2D eigenvalue weighted by Crippen LogP contribution is -2.44. The van der Waals surface area contributed by atoms with Crippen molar-refractivity contribution in [3.63, 3.8) is 0 Å². The van der Waals surface area contributed by atoms with Crippen LogP contribution in [0.2, 0.25) is 0 Å². The van der Waals surface area contributed by atoms with Crippen molar-refractivity contribution in [2.45, 2.75) is 37.8 Å². The van der Waals surface area contributed by atoms with Crippen LogP contribution in [0.5, 0.6) is 0 Å². The van der Waals surface area contributed by atoms with E-state index in [9.17, 15) is 0 Å². The minimum Gasteiger partial charge on any atom is -0.379 e. The van der Waals surface area contributed by atoms with E-state index in [2.05, 4.69) is 60.7 Å². The van der Waals surface area contributed by atoms with Crippen molar-refractivity contribution in [2.75, 3.05) is 43.4 Å². The number of nitrogens with zero attached hydrogens (tertiary/aromatic N) is 6. The molecule has 0 spiro atoms. The predicted molar refractivity (Wildman–Crippen MR) is 128 cm³/mol. The van der Waals surface area contributed by atoms with Gasteiger partial charge in [-0.25, -0.2) is 9.97 Å². The van der Waals surface area contributed by atoms with Gasteiger partial charge in [-0.2, -0.15) is 4.98 Å². The van der Waals surface area contributed by atoms with E-state index in [-0.39, 0.29) is 0 Å². The Morgan fingerprint density at radius 2 is 1.91 bits per heavy atom. The molecule has 0 amide bonds. The maximum atomic E-state index is 4.91. The Labute approximate surface area is 188 Å². The molecule has 5 heterocycles. The monoisotopic (exact) mass is 430 g/mol. The standard InChI is InChI=1S/C24H30N8/c1-16-21-13-17-14-26-24(29-23(17)32(21)20-6-4-3-5-19(20)27-16)28-22-8-7-18(15-25-22)31-11-9-30(2)10-12-31/h7-8,13-15,19-20,27H,1,3-6,9-12H2,2H3,(H,25,26,28,29)/t19-,20+/m0/s1. The van der Waals surface area contributed by atoms with Gasteiger partial charge >= 0.3 is 0 Å². The SMILES string of the molecule is C=C1N[C@H]2CCCC[C@H]2n2c1cc1cnc(Nc3ccc(N4CCN(C)CC4)cn3)nc12. The van der Waals surface area contributed by atoms with Gasteiger partial charge < -0.3 is 25.0 Å². The Hall–Kier alpha value is -3.13. The summed E-state index contributed by atoms with van der Waals surface area (Å²) in [5, 5.41) is 7.98. The van der Waals surface area contributed by atoms with E-state index in [4.69, 9.17) is 4.98 Å². The summed E-state index contributed by atoms with van der Waals surface area (Å²) in [6.07, 6.45) is 8.72. The Morgan fingerprint density at radius 3 is 2.72 bits per heavy atom. The van der Waals surface area contributed by atoms with E-state index in [1.807, 2.05) is 18.5 Å². The molecule has 0 bridgehead atoms. The Kier molecular flexibility index (Phi) is 4.75. The van der Waals surface area contributed by atoms with Crippen LogP contribution in [0.1, 0.15) is 37.4 Å². The molecule has 0 aromatic carbocycles. The third-order valence-corrected chi connectivity index (χ3v) is 7.16. The van der Waals surface area contributed by atoms with Crippen LogP contribution in [-0.2, 0) is 0 Å². The minimum atomic E-state index is 0.422. The number of hydrogen-bond donors (Lipinski definition) is 2. The third-order valence-electron chi connectivity index (χ3n) is 7.16. The average Bonchev–Trinajstić information content (AvgIpc) is 3.20. The summed E-state index contributed by atoms with van der Waals surface area (Å²) in [6.45, 7) is 8.50. The second-order valence-corrected chi connectivity index (χ2v) is 9.27. The van der Waals surface area contributed by atoms with Gasteiger partial charge in [-0.05, 0) is 38.1 Å². The lowest BCUT2D eigenvalue weighted by molar-refractivity contribution is 0.274. The fourth-order valence-electron chi connectivity index (χ4n) is 5.35. The van der Waals surface area contributed by atoms with Gasteiger partial charge in [-0.3, -0.25) is 0 Å². The molecule has 6 rings (SSSR count). The highest BCUT2D eigenvalue weighted by molar-refractivity contribution is 5.83. The zero-order valence-corrected chi connectivity index (χ0v) is 18.6. The van der Waals surface area contributed by atoms with Crippen molar-refractivity contribution in [1.82, 2.24) is 29.7 Å². The first-order valence-corrected chi connectivity index (χ1v) is 11.7. The van der Waals surface area contributed by atoms with Crippen LogP contribution >= 0.6 is 0 Å². The van der Waals surface area contributed by atoms with Crippen LogP contribution in [-0.4, -0.2) is 63.7 Å². The highest BCUT2D eigenvalue weighted by Gasteiger charge is 2.34. The number of hydrogen-bond acceptors (Lipinski definition) is 7. The summed E-state index contributed by atoms with van der Waals surface area (Å²) in [5.41, 5.74) is 4.26. The van der Waals surface area contributed by atoms with Crippen molar-refractivity contribution in [1.29, 1.82) is 0 Å². The predicted octanol–water partition coefficient (Wildman–Crippen LogP) is 3.38. The molecular weight excluding hydrogens is 400 g/mol. The molecule has 3 aromatic rings. The van der Waals surface area contributed by atoms with Crippen molar-refractivity contribution in [3.8, 4) is 0 Å². The maximum absolute atomic E-state index is 4.91. The molecule has 3 aromatic heterocycles. The van der Waals surface area contributed by atoms with E-state index < -0.39 is 0 Å². The van der Waals surface area contributed by atoms with E-state index in [0.717, 1.165) is 60.1 Å². The average molecular weight is 431 g/mol. The van der Waals surface area contributed by atoms with Gasteiger partial charge in [0.1, 0.15) is 11.5 Å². The number of likely N-dealkylation sites (N-methyl/N-ethyl adjacent to an activating group) is 1. The van der Waals surface area contributed by atoms with Gasteiger partial charge in [0.15, 0.2) is 0 Å². The molecule has 0 radical (unpaired) electrons. The topological polar surface area (TPSA) is 74.1 Å². The Balaban J connectivity index is 1.26. The Morgan fingerprint density at radius 1 is 1.06 bits per heavy atom. The summed E-state index contributed by atoms with van der Waals surface area (Å²) >= 11 is 0. The Bertz CT molecular complexity index is 1140. The molecular formula is C24H30N8. The number of rotatable bonds is 3. The van der Waals surface area contributed by atoms with Crippen LogP contribution in [0.4, 0.5) is 17.5 Å². The summed E-state index contributed by atoms with van der Waals surface area (Å²) in [7, 11) is 2.17. The van der Waals surface area contributed by atoms with Gasteiger partial charge in [-0.15, -0.1) is 0 Å². The number of anilines is 3. The number of pyridine rings is 1. The normalized spacial score (nSPS) is 23.5. The van der Waals surface area contributed by atoms with Crippen molar-refractivity contribution < 1.29 is 0 Å². The largest absolute Gasteiger partial charge is 0.379 e. The van der Waals surface area contributed by atoms with E-state index >= 15 is 0 Å². The fraction of sp³-hybridized carbons (Fsp3) is 0.458. The molecule has 3 aliphatic rings. The fourth-order valence-corrected chi connectivity index (χ4v) is 5.35. The van der Waals surface area contributed by atoms with Crippen molar-refractivity contribution in [2.24, 2.45) is 0 Å². The quantitative estimate of drug-likeness (QED) is 0.660. The molecule has 8 heteroatoms. The number of piperazine rings is 1. The molecule has 1 aliphatic carbocycles. The van der Waals surface area contributed by atoms with Crippen LogP contribution in [0.3, 0.4) is 0 Å². The molecule has 2 atom stereocenters. The van der Waals surface area contributed by atoms with Gasteiger partial charge in [0, 0.05) is 43.8 Å². The van der Waals surface area contributed by atoms with Gasteiger partial charge in [0.2, 0.25) is 5.95 Å². The number of aromatic nitrogens is 4. The second-order valence-electron chi connectivity index (χ2n) is 9.27. The van der Waals surface area contributed by atoms with Crippen LogP contribution in [0.15, 0.2) is 37.2 Å². The highest BCUT2D eigenvalue weighted by atomic mass is 15.3. The molecule has 2 aliphatic heterocycles. The highest BCUT2D eigenvalue weighted by Crippen LogP contribution is 2.39. The van der Waals surface area contributed by atoms with E-state index in [1.54, 1.807) is 0 Å². The van der Waals surface area contributed by atoms with Gasteiger partial charge in [0.05, 0.1) is 29.3 Å². The molecule has 1 saturated carbocycles. The van der Waals surface area contributed by atoms with Gasteiger partial charge in [0.25, 0.3) is 0 Å². The first kappa shape index (κ1) is 19.5. The van der Waals surface area contributed by atoms with Crippen LogP contribution in [0.25, 0.3) is 16.7 Å². The maximum Gasteiger partial charge on any atom is 0.230 e. The van der Waals surface area contributed by atoms with Crippen LogP contribution < -0.4 is 15.5 Å². The second kappa shape index (κ2) is 7.78. The summed E-state index contributed by atoms with van der Waals surface area (Å²) in [5.74, 6) is 1.34. The molecule has 0 unspecified atom stereocenters. The summed E-state index contributed by atoms with van der Waals surface area (Å²) in [6, 6.07) is 7.15. The van der Waals surface area contributed by atoms with E-state index in [0.29, 0.717) is 18.0 Å². The molecule has 8 nitrogen and oxygen atoms in total. The lowest BCUT2D eigenvalue weighted by atomic mass is 9.88. The molecule has 32 heavy (non-hydrogen) atoms. The van der Waals surface area contributed by atoms with E-state index in [1.165, 1.54) is 25.7 Å². The minimum absolute atomic E-state index is 0.422. The molecule has 2 N–H and O–H groups in total. The first-order chi connectivity index (χ1) is 15.7. The summed E-state index contributed by atoms with van der Waals surface area (Å²) in [4.78, 5) is 18.8. The third kappa shape index (κ3) is 3.39. The zero-order chi connectivity index (χ0) is 21.7. The van der Waals surface area contributed by atoms with Gasteiger partial charge in [-0.1, -0.05) is 19.4 Å². The molecule has 2 fully saturated rings. The smallest absolute Gasteiger partial charge is 0.230 e. The van der Waals surface area contributed by atoms with Crippen molar-refractivity contribution in [3.05, 3.63) is 42.9 Å². The van der Waals surface area contributed by atoms with Crippen LogP contribution in [0, 0.1) is 0 Å². The lowest BCUT2D eigenvalue weighted by Gasteiger charge is -2.39. The zero-order valence-electron chi connectivity index (χ0n) is 18.6. The molecule has 1 saturated heterocycles. The number of fused-ring (bicyclic) bond motifs is 5. The number of nitrogens with one attached hydrogen (secondary N) is 2. The first-order valence-electron chi connectivity index (χ1n) is 11.7. The molecule has 166 valence electrons. The van der Waals surface area contributed by atoms with Crippen molar-refractivity contribution >= 4 is 34.2 Å². The summed E-state index contributed by atoms with van der Waals surface area (Å²) < 4.78 is 2.38.